The lowest BCUT2D eigenvalue weighted by Crippen LogP contribution is -2.36. The van der Waals surface area contributed by atoms with Crippen LogP contribution in [0.15, 0.2) is 0 Å². The van der Waals surface area contributed by atoms with E-state index in [1.165, 1.54) is 19.4 Å². The first kappa shape index (κ1) is 9.30. The van der Waals surface area contributed by atoms with Crippen LogP contribution in [0.25, 0.3) is 0 Å². The quantitative estimate of drug-likeness (QED) is 0.506. The highest BCUT2D eigenvalue weighted by molar-refractivity contribution is 6.18. The molecule has 0 bridgehead atoms. The van der Waals surface area contributed by atoms with Gasteiger partial charge in [0.15, 0.2) is 0 Å². The van der Waals surface area contributed by atoms with Crippen molar-refractivity contribution >= 4 is 11.6 Å². The number of likely N-dealkylation sites (tertiary alicyclic amines) is 1. The number of nitrogens with one attached hydrogen (secondary N) is 1. The normalized spacial score (nSPS) is 26.2. The van der Waals surface area contributed by atoms with Gasteiger partial charge in [0.1, 0.15) is 0 Å². The fourth-order valence-corrected chi connectivity index (χ4v) is 1.71. The van der Waals surface area contributed by atoms with E-state index < -0.39 is 0 Å². The maximum Gasteiger partial charge on any atom is 0.0348 e. The number of nitrogens with zero attached hydrogens (tertiary/aromatic N) is 1. The summed E-state index contributed by atoms with van der Waals surface area (Å²) < 4.78 is 0. The summed E-state index contributed by atoms with van der Waals surface area (Å²) in [7, 11) is 2.19. The predicted molar refractivity (Wildman–Crippen MR) is 49.2 cm³/mol. The number of hydrogen-bond donors (Lipinski definition) is 1. The molecule has 0 aromatic carbocycles. The van der Waals surface area contributed by atoms with Crippen LogP contribution in [0.1, 0.15) is 12.8 Å². The maximum atomic E-state index is 5.55. The zero-order chi connectivity index (χ0) is 8.10. The molecule has 11 heavy (non-hydrogen) atoms. The topological polar surface area (TPSA) is 15.3 Å². The molecule has 1 atom stereocenters. The zero-order valence-corrected chi connectivity index (χ0v) is 7.90. The molecule has 1 saturated heterocycles. The van der Waals surface area contributed by atoms with Crippen molar-refractivity contribution in [2.24, 2.45) is 0 Å². The third-order valence-corrected chi connectivity index (χ3v) is 2.51. The number of rotatable bonds is 4. The fraction of sp³-hybridized carbons (Fsp3) is 1.00. The Balaban J connectivity index is 2.05. The van der Waals surface area contributed by atoms with Crippen molar-refractivity contribution in [3.63, 3.8) is 0 Å². The van der Waals surface area contributed by atoms with Gasteiger partial charge < -0.3 is 10.2 Å². The molecule has 0 amide bonds. The standard InChI is InChI=1S/C8H17ClN2/c1-11-6-2-3-8(11)7-10-5-4-9/h8,10H,2-7H2,1H3. The second-order valence-electron chi connectivity index (χ2n) is 3.17. The molecule has 1 rings (SSSR count). The van der Waals surface area contributed by atoms with Crippen molar-refractivity contribution in [3.05, 3.63) is 0 Å². The molecule has 1 unspecified atom stereocenters. The van der Waals surface area contributed by atoms with Gasteiger partial charge in [-0.25, -0.2) is 0 Å². The third kappa shape index (κ3) is 2.97. The zero-order valence-electron chi connectivity index (χ0n) is 7.15. The van der Waals surface area contributed by atoms with Crippen LogP contribution in [-0.2, 0) is 0 Å². The van der Waals surface area contributed by atoms with Crippen molar-refractivity contribution in [1.29, 1.82) is 0 Å². The van der Waals surface area contributed by atoms with Gasteiger partial charge in [-0.05, 0) is 26.4 Å². The lowest BCUT2D eigenvalue weighted by Gasteiger charge is -2.19. The van der Waals surface area contributed by atoms with E-state index in [4.69, 9.17) is 11.6 Å². The predicted octanol–water partition coefficient (Wildman–Crippen LogP) is 0.909. The highest BCUT2D eigenvalue weighted by atomic mass is 35.5. The van der Waals surface area contributed by atoms with E-state index in [-0.39, 0.29) is 0 Å². The lowest BCUT2D eigenvalue weighted by molar-refractivity contribution is 0.302. The number of likely N-dealkylation sites (N-methyl/N-ethyl adjacent to an activating group) is 1. The molecule has 1 fully saturated rings. The maximum absolute atomic E-state index is 5.55. The minimum absolute atomic E-state index is 0.719. The summed E-state index contributed by atoms with van der Waals surface area (Å²) in [5.74, 6) is 0.719. The number of alkyl halides is 1. The monoisotopic (exact) mass is 176 g/mol. The molecule has 1 N–H and O–H groups in total. The molecular weight excluding hydrogens is 160 g/mol. The molecule has 0 radical (unpaired) electrons. The third-order valence-electron chi connectivity index (χ3n) is 2.32. The smallest absolute Gasteiger partial charge is 0.0348 e. The van der Waals surface area contributed by atoms with Crippen LogP contribution in [-0.4, -0.2) is 43.5 Å². The molecule has 2 nitrogen and oxygen atoms in total. The van der Waals surface area contributed by atoms with Gasteiger partial charge in [0.25, 0.3) is 0 Å². The van der Waals surface area contributed by atoms with Crippen LogP contribution in [0.2, 0.25) is 0 Å². The van der Waals surface area contributed by atoms with E-state index >= 15 is 0 Å². The van der Waals surface area contributed by atoms with Gasteiger partial charge in [0.05, 0.1) is 0 Å². The molecule has 0 aromatic rings. The van der Waals surface area contributed by atoms with Gasteiger partial charge in [-0.15, -0.1) is 11.6 Å². The fourth-order valence-electron chi connectivity index (χ4n) is 1.57. The Kier molecular flexibility index (Phi) is 4.20. The number of hydrogen-bond acceptors (Lipinski definition) is 2. The second kappa shape index (κ2) is 4.96. The Morgan fingerprint density at radius 1 is 1.64 bits per heavy atom. The van der Waals surface area contributed by atoms with Crippen molar-refractivity contribution < 1.29 is 0 Å². The SMILES string of the molecule is CN1CCCC1CNCCCl. The van der Waals surface area contributed by atoms with Crippen LogP contribution in [0.4, 0.5) is 0 Å². The highest BCUT2D eigenvalue weighted by Crippen LogP contribution is 2.13. The Hall–Kier alpha value is 0.210. The Labute approximate surface area is 73.9 Å². The van der Waals surface area contributed by atoms with Gasteiger partial charge >= 0.3 is 0 Å². The van der Waals surface area contributed by atoms with E-state index in [1.807, 2.05) is 0 Å². The molecule has 1 heterocycles. The Morgan fingerprint density at radius 2 is 2.45 bits per heavy atom. The van der Waals surface area contributed by atoms with Crippen molar-refractivity contribution in [1.82, 2.24) is 10.2 Å². The van der Waals surface area contributed by atoms with Gasteiger partial charge in [-0.2, -0.15) is 0 Å². The summed E-state index contributed by atoms with van der Waals surface area (Å²) in [6, 6.07) is 0.748. The van der Waals surface area contributed by atoms with Gasteiger partial charge in [-0.3, -0.25) is 0 Å². The van der Waals surface area contributed by atoms with Gasteiger partial charge in [-0.1, -0.05) is 0 Å². The van der Waals surface area contributed by atoms with Crippen LogP contribution in [0, 0.1) is 0 Å². The van der Waals surface area contributed by atoms with Crippen LogP contribution < -0.4 is 5.32 Å². The van der Waals surface area contributed by atoms with Gasteiger partial charge in [0.2, 0.25) is 0 Å². The van der Waals surface area contributed by atoms with Crippen LogP contribution in [0.5, 0.6) is 0 Å². The molecule has 1 aliphatic rings. The lowest BCUT2D eigenvalue weighted by atomic mass is 10.2. The minimum atomic E-state index is 0.719. The highest BCUT2D eigenvalue weighted by Gasteiger charge is 2.19. The largest absolute Gasteiger partial charge is 0.314 e. The molecule has 1 aliphatic heterocycles. The van der Waals surface area contributed by atoms with Crippen LogP contribution in [0.3, 0.4) is 0 Å². The summed E-state index contributed by atoms with van der Waals surface area (Å²) in [5, 5.41) is 3.33. The molecule has 66 valence electrons. The average Bonchev–Trinajstić information content (AvgIpc) is 2.37. The minimum Gasteiger partial charge on any atom is -0.314 e. The first-order valence-electron chi connectivity index (χ1n) is 4.31. The Bertz CT molecular complexity index is 108. The first-order valence-corrected chi connectivity index (χ1v) is 4.85. The molecule has 0 spiro atoms. The van der Waals surface area contributed by atoms with E-state index in [0.717, 1.165) is 25.0 Å². The molecule has 0 aliphatic carbocycles. The van der Waals surface area contributed by atoms with E-state index in [1.54, 1.807) is 0 Å². The van der Waals surface area contributed by atoms with Crippen molar-refractivity contribution in [2.75, 3.05) is 32.6 Å². The molecular formula is C8H17ClN2. The van der Waals surface area contributed by atoms with E-state index in [2.05, 4.69) is 17.3 Å². The molecule has 0 aromatic heterocycles. The van der Waals surface area contributed by atoms with Gasteiger partial charge in [0, 0.05) is 25.0 Å². The Morgan fingerprint density at radius 3 is 3.00 bits per heavy atom. The molecule has 0 saturated carbocycles. The average molecular weight is 177 g/mol. The van der Waals surface area contributed by atoms with Crippen molar-refractivity contribution in [3.8, 4) is 0 Å². The summed E-state index contributed by atoms with van der Waals surface area (Å²) in [6.45, 7) is 3.29. The summed E-state index contributed by atoms with van der Waals surface area (Å²) >= 11 is 5.55. The van der Waals surface area contributed by atoms with E-state index in [0.29, 0.717) is 0 Å². The molecule has 3 heteroatoms. The summed E-state index contributed by atoms with van der Waals surface area (Å²) in [5.41, 5.74) is 0. The number of halogens is 1. The summed E-state index contributed by atoms with van der Waals surface area (Å²) in [6.07, 6.45) is 2.69. The van der Waals surface area contributed by atoms with Crippen LogP contribution >= 0.6 is 11.6 Å². The first-order chi connectivity index (χ1) is 5.34. The summed E-state index contributed by atoms with van der Waals surface area (Å²) in [4.78, 5) is 2.42. The second-order valence-corrected chi connectivity index (χ2v) is 3.55. The van der Waals surface area contributed by atoms with Crippen molar-refractivity contribution in [2.45, 2.75) is 18.9 Å². The van der Waals surface area contributed by atoms with E-state index in [9.17, 15) is 0 Å².